The van der Waals surface area contributed by atoms with E-state index in [1.165, 1.54) is 30.0 Å². The number of cyclic esters (lactones) is 1. The summed E-state index contributed by atoms with van der Waals surface area (Å²) in [6.45, 7) is 3.04. The monoisotopic (exact) mass is 401 g/mol. The van der Waals surface area contributed by atoms with Crippen LogP contribution in [0, 0.1) is 12.7 Å². The number of ether oxygens (including phenoxy) is 1. The molecule has 0 saturated carbocycles. The summed E-state index contributed by atoms with van der Waals surface area (Å²) in [5.41, 5.74) is -0.0378. The minimum atomic E-state index is -4.51. The van der Waals surface area contributed by atoms with Crippen LogP contribution in [-0.2, 0) is 17.5 Å². The predicted molar refractivity (Wildman–Crippen MR) is 91.8 cm³/mol. The largest absolute Gasteiger partial charge is 0.439 e. The summed E-state index contributed by atoms with van der Waals surface area (Å²) in [5, 5.41) is 0.161. The highest BCUT2D eigenvalue weighted by molar-refractivity contribution is 6.31. The maximum atomic E-state index is 14.0. The van der Waals surface area contributed by atoms with Gasteiger partial charge in [0.05, 0.1) is 18.2 Å². The molecule has 3 nitrogen and oxygen atoms in total. The van der Waals surface area contributed by atoms with Gasteiger partial charge in [-0.25, -0.2) is 9.18 Å². The lowest BCUT2D eigenvalue weighted by Crippen LogP contribution is -2.32. The molecule has 1 unspecified atom stereocenters. The zero-order chi connectivity index (χ0) is 19.9. The number of halogens is 5. The third-order valence-electron chi connectivity index (χ3n) is 4.54. The Kier molecular flexibility index (Phi) is 5.08. The van der Waals surface area contributed by atoms with E-state index in [1.54, 1.807) is 13.0 Å². The number of rotatable bonds is 3. The molecule has 1 aliphatic heterocycles. The molecule has 1 heterocycles. The lowest BCUT2D eigenvalue weighted by Gasteiger charge is -2.22. The highest BCUT2D eigenvalue weighted by Gasteiger charge is 2.41. The molecule has 1 saturated heterocycles. The molecule has 0 spiro atoms. The molecule has 2 aromatic carbocycles. The van der Waals surface area contributed by atoms with Crippen molar-refractivity contribution in [2.24, 2.45) is 0 Å². The van der Waals surface area contributed by atoms with Crippen LogP contribution in [0.15, 0.2) is 36.4 Å². The van der Waals surface area contributed by atoms with Crippen LogP contribution in [0.2, 0.25) is 5.02 Å². The highest BCUT2D eigenvalue weighted by Crippen LogP contribution is 2.38. The smallest absolute Gasteiger partial charge is 0.416 e. The van der Waals surface area contributed by atoms with E-state index in [0.717, 1.165) is 12.1 Å². The van der Waals surface area contributed by atoms with Crippen molar-refractivity contribution >= 4 is 17.7 Å². The lowest BCUT2D eigenvalue weighted by molar-refractivity contribution is -0.137. The number of alkyl halides is 3. The molecule has 144 valence electrons. The second-order valence-corrected chi connectivity index (χ2v) is 6.91. The zero-order valence-corrected chi connectivity index (χ0v) is 15.2. The first-order chi connectivity index (χ1) is 12.6. The van der Waals surface area contributed by atoms with Gasteiger partial charge in [-0.2, -0.15) is 13.2 Å². The van der Waals surface area contributed by atoms with Gasteiger partial charge in [0.15, 0.2) is 0 Å². The van der Waals surface area contributed by atoms with E-state index in [1.807, 2.05) is 0 Å². The molecule has 2 atom stereocenters. The Morgan fingerprint density at radius 2 is 1.93 bits per heavy atom. The molecule has 3 rings (SSSR count). The van der Waals surface area contributed by atoms with Crippen LogP contribution < -0.4 is 0 Å². The first-order valence-electron chi connectivity index (χ1n) is 8.17. The molecule has 0 bridgehead atoms. The number of amides is 1. The Morgan fingerprint density at radius 1 is 1.22 bits per heavy atom. The van der Waals surface area contributed by atoms with Crippen molar-refractivity contribution in [2.75, 3.05) is 0 Å². The van der Waals surface area contributed by atoms with E-state index in [9.17, 15) is 22.4 Å². The second kappa shape index (κ2) is 7.03. The average Bonchev–Trinajstić information content (AvgIpc) is 2.84. The fraction of sp³-hybridized carbons (Fsp3) is 0.316. The van der Waals surface area contributed by atoms with Gasteiger partial charge in [0.25, 0.3) is 0 Å². The van der Waals surface area contributed by atoms with Crippen molar-refractivity contribution < 1.29 is 27.1 Å². The van der Waals surface area contributed by atoms with Crippen molar-refractivity contribution in [3.8, 4) is 0 Å². The molecule has 1 aliphatic rings. The Labute approximate surface area is 158 Å². The van der Waals surface area contributed by atoms with Gasteiger partial charge in [0.2, 0.25) is 0 Å². The Hall–Kier alpha value is -2.28. The van der Waals surface area contributed by atoms with E-state index in [4.69, 9.17) is 16.3 Å². The van der Waals surface area contributed by atoms with Gasteiger partial charge in [-0.15, -0.1) is 0 Å². The van der Waals surface area contributed by atoms with Crippen molar-refractivity contribution in [3.63, 3.8) is 0 Å². The molecule has 27 heavy (non-hydrogen) atoms. The summed E-state index contributed by atoms with van der Waals surface area (Å²) in [4.78, 5) is 13.5. The SMILES string of the molecule is Cc1cc(C2OC(=O)N(Cc3c(F)cccc3Cl)[C@H]2C)cc(C(F)(F)F)c1. The van der Waals surface area contributed by atoms with Gasteiger partial charge in [0, 0.05) is 10.6 Å². The minimum absolute atomic E-state index is 0.129. The fourth-order valence-corrected chi connectivity index (χ4v) is 3.38. The first kappa shape index (κ1) is 19.5. The number of benzene rings is 2. The average molecular weight is 402 g/mol. The van der Waals surface area contributed by atoms with Gasteiger partial charge in [-0.05, 0) is 43.7 Å². The molecule has 0 radical (unpaired) electrons. The molecule has 0 aromatic heterocycles. The Bertz CT molecular complexity index is 864. The standard InChI is InChI=1S/C19H16ClF4NO2/c1-10-6-12(8-13(7-10)19(22,23)24)17-11(2)25(18(26)27-17)9-14-15(20)4-3-5-16(14)21/h3-8,11,17H,9H2,1-2H3/t11-,17?/m0/s1. The maximum Gasteiger partial charge on any atom is 0.416 e. The molecule has 1 fully saturated rings. The summed E-state index contributed by atoms with van der Waals surface area (Å²) in [6, 6.07) is 7.12. The van der Waals surface area contributed by atoms with Crippen LogP contribution in [0.1, 0.15) is 35.3 Å². The van der Waals surface area contributed by atoms with Crippen LogP contribution in [0.5, 0.6) is 0 Å². The predicted octanol–water partition coefficient (Wildman–Crippen LogP) is 5.89. The molecule has 2 aromatic rings. The lowest BCUT2D eigenvalue weighted by atomic mass is 9.98. The van der Waals surface area contributed by atoms with E-state index < -0.39 is 35.8 Å². The number of hydrogen-bond acceptors (Lipinski definition) is 2. The molecule has 8 heteroatoms. The molecular formula is C19H16ClF4NO2. The Morgan fingerprint density at radius 3 is 2.56 bits per heavy atom. The summed E-state index contributed by atoms with van der Waals surface area (Å²) in [6.07, 6.45) is -6.14. The fourth-order valence-electron chi connectivity index (χ4n) is 3.15. The summed E-state index contributed by atoms with van der Waals surface area (Å²) in [5.74, 6) is -0.569. The van der Waals surface area contributed by atoms with Gasteiger partial charge in [-0.3, -0.25) is 4.90 Å². The van der Waals surface area contributed by atoms with Crippen LogP contribution in [0.3, 0.4) is 0 Å². The topological polar surface area (TPSA) is 29.5 Å². The van der Waals surface area contributed by atoms with Crippen LogP contribution in [-0.4, -0.2) is 17.0 Å². The van der Waals surface area contributed by atoms with E-state index in [2.05, 4.69) is 0 Å². The van der Waals surface area contributed by atoms with E-state index in [0.29, 0.717) is 5.56 Å². The van der Waals surface area contributed by atoms with Crippen LogP contribution in [0.4, 0.5) is 22.4 Å². The zero-order valence-electron chi connectivity index (χ0n) is 14.5. The summed E-state index contributed by atoms with van der Waals surface area (Å²) >= 11 is 6.00. The van der Waals surface area contributed by atoms with Crippen LogP contribution in [0.25, 0.3) is 0 Å². The van der Waals surface area contributed by atoms with E-state index >= 15 is 0 Å². The molecule has 0 aliphatic carbocycles. The van der Waals surface area contributed by atoms with Crippen molar-refractivity contribution in [1.82, 2.24) is 4.90 Å². The second-order valence-electron chi connectivity index (χ2n) is 6.50. The number of nitrogens with zero attached hydrogens (tertiary/aromatic N) is 1. The molecule has 0 N–H and O–H groups in total. The summed E-state index contributed by atoms with van der Waals surface area (Å²) < 4.78 is 58.6. The number of aryl methyl sites for hydroxylation is 1. The van der Waals surface area contributed by atoms with Crippen molar-refractivity contribution in [1.29, 1.82) is 0 Å². The van der Waals surface area contributed by atoms with Crippen LogP contribution >= 0.6 is 11.6 Å². The van der Waals surface area contributed by atoms with Gasteiger partial charge in [0.1, 0.15) is 11.9 Å². The first-order valence-corrected chi connectivity index (χ1v) is 8.54. The normalized spacial score (nSPS) is 20.1. The third-order valence-corrected chi connectivity index (χ3v) is 4.89. The van der Waals surface area contributed by atoms with E-state index in [-0.39, 0.29) is 22.7 Å². The van der Waals surface area contributed by atoms with Gasteiger partial charge in [-0.1, -0.05) is 29.3 Å². The third kappa shape index (κ3) is 3.88. The molecular weight excluding hydrogens is 386 g/mol. The number of hydrogen-bond donors (Lipinski definition) is 0. The number of carbonyl (C=O) groups is 1. The van der Waals surface area contributed by atoms with Crippen molar-refractivity contribution in [3.05, 3.63) is 69.5 Å². The highest BCUT2D eigenvalue weighted by atomic mass is 35.5. The van der Waals surface area contributed by atoms with Gasteiger partial charge < -0.3 is 4.74 Å². The Balaban J connectivity index is 1.91. The summed E-state index contributed by atoms with van der Waals surface area (Å²) in [7, 11) is 0. The minimum Gasteiger partial charge on any atom is -0.439 e. The molecule has 1 amide bonds. The quantitative estimate of drug-likeness (QED) is 0.600. The maximum absolute atomic E-state index is 14.0. The van der Waals surface area contributed by atoms with Crippen molar-refractivity contribution in [2.45, 2.75) is 38.7 Å². The number of carbonyl (C=O) groups excluding carboxylic acids is 1. The van der Waals surface area contributed by atoms with Gasteiger partial charge >= 0.3 is 12.3 Å².